The van der Waals surface area contributed by atoms with Gasteiger partial charge in [-0.05, 0) is 48.2 Å². The van der Waals surface area contributed by atoms with E-state index >= 15 is 0 Å². The Morgan fingerprint density at radius 3 is 2.07 bits per heavy atom. The third-order valence-corrected chi connectivity index (χ3v) is 5.66. The van der Waals surface area contributed by atoms with Crippen LogP contribution in [-0.4, -0.2) is 23.5 Å². The first-order chi connectivity index (χ1) is 13.0. The monoisotopic (exact) mass is 405 g/mol. The molecule has 0 saturated carbocycles. The summed E-state index contributed by atoms with van der Waals surface area (Å²) in [4.78, 5) is 14.9. The molecule has 5 heteroatoms. The quantitative estimate of drug-likeness (QED) is 0.571. The molecule has 3 rings (SSSR count). The number of rotatable bonds is 6. The number of nitrogens with zero attached hydrogens (tertiary/aromatic N) is 1. The molecule has 1 fully saturated rings. The second-order valence-electron chi connectivity index (χ2n) is 6.93. The average Bonchev–Trinajstić information content (AvgIpc) is 2.68. The van der Waals surface area contributed by atoms with Crippen LogP contribution in [0.15, 0.2) is 48.5 Å². The van der Waals surface area contributed by atoms with E-state index in [4.69, 9.17) is 27.9 Å². The molecule has 0 N–H and O–H groups in total. The van der Waals surface area contributed by atoms with Crippen molar-refractivity contribution in [3.05, 3.63) is 69.7 Å². The van der Waals surface area contributed by atoms with E-state index in [-0.39, 0.29) is 30.7 Å². The van der Waals surface area contributed by atoms with E-state index in [1.807, 2.05) is 53.4 Å². The Morgan fingerprint density at radius 2 is 1.56 bits per heavy atom. The highest BCUT2D eigenvalue weighted by Gasteiger charge is 2.41. The minimum absolute atomic E-state index is 0.0421. The van der Waals surface area contributed by atoms with Gasteiger partial charge in [-0.2, -0.15) is 0 Å². The fourth-order valence-electron chi connectivity index (χ4n) is 3.86. The molecule has 2 aromatic carbocycles. The summed E-state index contributed by atoms with van der Waals surface area (Å²) in [5.74, 6) is 0.0421. The summed E-state index contributed by atoms with van der Waals surface area (Å²) in [7, 11) is 0. The second-order valence-corrected chi connectivity index (χ2v) is 7.80. The van der Waals surface area contributed by atoms with Crippen molar-refractivity contribution in [3.8, 4) is 0 Å². The first-order valence-electron chi connectivity index (χ1n) is 9.48. The highest BCUT2D eigenvalue weighted by Crippen LogP contribution is 2.42. The van der Waals surface area contributed by atoms with Gasteiger partial charge in [0.1, 0.15) is 12.7 Å². The zero-order chi connectivity index (χ0) is 19.4. The predicted molar refractivity (Wildman–Crippen MR) is 110 cm³/mol. The van der Waals surface area contributed by atoms with Crippen molar-refractivity contribution in [2.45, 2.75) is 51.3 Å². The Balaban J connectivity index is 2.07. The number of carbonyl (C=O) groups excluding carboxylic acids is 1. The van der Waals surface area contributed by atoms with E-state index in [0.29, 0.717) is 10.0 Å². The van der Waals surface area contributed by atoms with Crippen molar-refractivity contribution in [2.24, 2.45) is 0 Å². The number of morpholine rings is 1. The lowest BCUT2D eigenvalue weighted by Crippen LogP contribution is -2.50. The summed E-state index contributed by atoms with van der Waals surface area (Å²) >= 11 is 12.2. The van der Waals surface area contributed by atoms with Crippen LogP contribution in [0.1, 0.15) is 56.4 Å². The molecular formula is C22H25Cl2NO2. The SMILES string of the molecule is CCC[C@H](CC)N1C(=O)CO[C@@H](c2ccc(Cl)cc2)[C@H]1c1ccc(Cl)cc1. The number of carbonyl (C=O) groups is 1. The molecule has 0 aliphatic carbocycles. The van der Waals surface area contributed by atoms with Crippen LogP contribution in [0, 0.1) is 0 Å². The number of hydrogen-bond acceptors (Lipinski definition) is 2. The van der Waals surface area contributed by atoms with Gasteiger partial charge in [0.05, 0.1) is 6.04 Å². The number of amides is 1. The highest BCUT2D eigenvalue weighted by molar-refractivity contribution is 6.30. The normalized spacial score (nSPS) is 21.3. The number of benzene rings is 2. The first-order valence-corrected chi connectivity index (χ1v) is 10.2. The van der Waals surface area contributed by atoms with E-state index in [1.54, 1.807) is 0 Å². The molecule has 1 amide bonds. The third kappa shape index (κ3) is 4.48. The van der Waals surface area contributed by atoms with Crippen LogP contribution in [0.25, 0.3) is 0 Å². The molecule has 1 saturated heterocycles. The Labute approximate surface area is 171 Å². The molecule has 0 spiro atoms. The first kappa shape index (κ1) is 20.2. The molecule has 0 radical (unpaired) electrons. The minimum atomic E-state index is -0.243. The van der Waals surface area contributed by atoms with Gasteiger partial charge >= 0.3 is 0 Å². The Bertz CT molecular complexity index is 761. The second kappa shape index (κ2) is 9.09. The van der Waals surface area contributed by atoms with Crippen molar-refractivity contribution >= 4 is 29.1 Å². The number of ether oxygens (including phenoxy) is 1. The maximum atomic E-state index is 12.9. The maximum absolute atomic E-state index is 12.9. The smallest absolute Gasteiger partial charge is 0.249 e. The molecular weight excluding hydrogens is 381 g/mol. The van der Waals surface area contributed by atoms with Crippen LogP contribution in [0.2, 0.25) is 10.0 Å². The molecule has 144 valence electrons. The average molecular weight is 406 g/mol. The summed E-state index contributed by atoms with van der Waals surface area (Å²) in [6.07, 6.45) is 2.67. The lowest BCUT2D eigenvalue weighted by molar-refractivity contribution is -0.163. The van der Waals surface area contributed by atoms with Gasteiger partial charge in [0, 0.05) is 16.1 Å². The molecule has 1 aliphatic heterocycles. The Morgan fingerprint density at radius 1 is 1.00 bits per heavy atom. The van der Waals surface area contributed by atoms with Gasteiger partial charge in [-0.1, -0.05) is 67.7 Å². The fraction of sp³-hybridized carbons (Fsp3) is 0.409. The fourth-order valence-corrected chi connectivity index (χ4v) is 4.11. The molecule has 0 bridgehead atoms. The van der Waals surface area contributed by atoms with Crippen LogP contribution in [0.3, 0.4) is 0 Å². The van der Waals surface area contributed by atoms with Crippen molar-refractivity contribution in [2.75, 3.05) is 6.61 Å². The van der Waals surface area contributed by atoms with Crippen LogP contribution < -0.4 is 0 Å². The van der Waals surface area contributed by atoms with E-state index in [0.717, 1.165) is 30.4 Å². The summed E-state index contributed by atoms with van der Waals surface area (Å²) < 4.78 is 6.05. The zero-order valence-electron chi connectivity index (χ0n) is 15.7. The van der Waals surface area contributed by atoms with Gasteiger partial charge in [-0.25, -0.2) is 0 Å². The molecule has 3 atom stereocenters. The molecule has 1 heterocycles. The van der Waals surface area contributed by atoms with Crippen LogP contribution >= 0.6 is 23.2 Å². The number of hydrogen-bond donors (Lipinski definition) is 0. The summed E-state index contributed by atoms with van der Waals surface area (Å²) in [5, 5.41) is 1.36. The number of halogens is 2. The maximum Gasteiger partial charge on any atom is 0.249 e. The Hall–Kier alpha value is -1.55. The predicted octanol–water partition coefficient (Wildman–Crippen LogP) is 6.21. The largest absolute Gasteiger partial charge is 0.361 e. The minimum Gasteiger partial charge on any atom is -0.361 e. The van der Waals surface area contributed by atoms with Crippen molar-refractivity contribution < 1.29 is 9.53 Å². The third-order valence-electron chi connectivity index (χ3n) is 5.16. The van der Waals surface area contributed by atoms with Crippen LogP contribution in [-0.2, 0) is 9.53 Å². The van der Waals surface area contributed by atoms with Crippen molar-refractivity contribution in [1.29, 1.82) is 0 Å². The summed E-state index contributed by atoms with van der Waals surface area (Å²) in [6.45, 7) is 4.39. The molecule has 3 nitrogen and oxygen atoms in total. The standard InChI is InChI=1S/C22H25Cl2NO2/c1-3-5-19(4-2)25-20(26)14-27-22(16-8-12-18(24)13-9-16)21(25)15-6-10-17(23)11-7-15/h6-13,19,21-22H,3-5,14H2,1-2H3/t19-,21+,22-/m0/s1. The van der Waals surface area contributed by atoms with Crippen molar-refractivity contribution in [3.63, 3.8) is 0 Å². The van der Waals surface area contributed by atoms with E-state index in [1.165, 1.54) is 0 Å². The van der Waals surface area contributed by atoms with Gasteiger partial charge in [0.2, 0.25) is 5.91 Å². The van der Waals surface area contributed by atoms with Gasteiger partial charge in [0.25, 0.3) is 0 Å². The molecule has 0 unspecified atom stereocenters. The van der Waals surface area contributed by atoms with E-state index in [9.17, 15) is 4.79 Å². The molecule has 2 aromatic rings. The van der Waals surface area contributed by atoms with Gasteiger partial charge in [-0.15, -0.1) is 0 Å². The van der Waals surface area contributed by atoms with E-state index < -0.39 is 0 Å². The van der Waals surface area contributed by atoms with Gasteiger partial charge in [0.15, 0.2) is 0 Å². The van der Waals surface area contributed by atoms with Crippen LogP contribution in [0.5, 0.6) is 0 Å². The molecule has 0 aromatic heterocycles. The lowest BCUT2D eigenvalue weighted by Gasteiger charge is -2.45. The highest BCUT2D eigenvalue weighted by atomic mass is 35.5. The lowest BCUT2D eigenvalue weighted by atomic mass is 9.90. The van der Waals surface area contributed by atoms with E-state index in [2.05, 4.69) is 13.8 Å². The summed E-state index contributed by atoms with van der Waals surface area (Å²) in [6, 6.07) is 15.4. The summed E-state index contributed by atoms with van der Waals surface area (Å²) in [5.41, 5.74) is 2.05. The van der Waals surface area contributed by atoms with Gasteiger partial charge < -0.3 is 9.64 Å². The molecule has 1 aliphatic rings. The van der Waals surface area contributed by atoms with Gasteiger partial charge in [-0.3, -0.25) is 4.79 Å². The zero-order valence-corrected chi connectivity index (χ0v) is 17.2. The topological polar surface area (TPSA) is 29.5 Å². The molecule has 27 heavy (non-hydrogen) atoms. The van der Waals surface area contributed by atoms with Crippen LogP contribution in [0.4, 0.5) is 0 Å². The Kier molecular flexibility index (Phi) is 6.80. The van der Waals surface area contributed by atoms with Crippen molar-refractivity contribution in [1.82, 2.24) is 4.90 Å².